The Hall–Kier alpha value is -3.36. The van der Waals surface area contributed by atoms with Gasteiger partial charge >= 0.3 is 5.97 Å². The zero-order chi connectivity index (χ0) is 28.3. The molecule has 0 bridgehead atoms. The summed E-state index contributed by atoms with van der Waals surface area (Å²) in [5.41, 5.74) is 0.418. The number of ether oxygens (including phenoxy) is 2. The largest absolute Gasteiger partial charge is 0.497 e. The highest BCUT2D eigenvalue weighted by Crippen LogP contribution is 2.67. The molecule has 1 saturated carbocycles. The SMILES string of the molecule is CC[C@]12C=CCN3CC[C@@]4(c5ccc(OC)cc5N(C)[C@H]4[C@@](O)(CNC(=O)Cc4ccccc4)[C@@H]1OC(C)=O)C32. The number of rotatable bonds is 7. The third kappa shape index (κ3) is 3.65. The van der Waals surface area contributed by atoms with E-state index in [2.05, 4.69) is 40.3 Å². The van der Waals surface area contributed by atoms with Crippen LogP contribution in [0, 0.1) is 5.41 Å². The highest BCUT2D eigenvalue weighted by Gasteiger charge is 2.77. The van der Waals surface area contributed by atoms with Crippen molar-refractivity contribution >= 4 is 17.6 Å². The van der Waals surface area contributed by atoms with Crippen LogP contribution in [-0.2, 0) is 26.2 Å². The van der Waals surface area contributed by atoms with E-state index in [0.717, 1.165) is 36.5 Å². The molecule has 8 nitrogen and oxygen atoms in total. The van der Waals surface area contributed by atoms with Gasteiger partial charge in [0.1, 0.15) is 17.5 Å². The fourth-order valence-corrected chi connectivity index (χ4v) is 8.73. The first-order valence-corrected chi connectivity index (χ1v) is 14.2. The van der Waals surface area contributed by atoms with Gasteiger partial charge in [-0.3, -0.25) is 14.5 Å². The first-order valence-electron chi connectivity index (χ1n) is 14.2. The molecule has 212 valence electrons. The Balaban J connectivity index is 1.50. The maximum absolute atomic E-state index is 13.2. The van der Waals surface area contributed by atoms with E-state index in [1.54, 1.807) is 7.11 Å². The number of hydrogen-bond acceptors (Lipinski definition) is 7. The molecule has 1 spiro atoms. The number of hydrogen-bond donors (Lipinski definition) is 2. The predicted octanol–water partition coefficient (Wildman–Crippen LogP) is 2.83. The van der Waals surface area contributed by atoms with Crippen LogP contribution in [0.4, 0.5) is 5.69 Å². The number of aliphatic hydroxyl groups is 1. The Morgan fingerprint density at radius 3 is 2.62 bits per heavy atom. The summed E-state index contributed by atoms with van der Waals surface area (Å²) in [5, 5.41) is 16.1. The molecule has 0 aromatic heterocycles. The number of carbonyl (C=O) groups is 2. The normalized spacial score (nSPS) is 33.6. The Kier molecular flexibility index (Phi) is 6.46. The van der Waals surface area contributed by atoms with Crippen LogP contribution in [-0.4, -0.2) is 79.5 Å². The van der Waals surface area contributed by atoms with Crippen molar-refractivity contribution < 1.29 is 24.2 Å². The van der Waals surface area contributed by atoms with Crippen LogP contribution in [0.3, 0.4) is 0 Å². The summed E-state index contributed by atoms with van der Waals surface area (Å²) >= 11 is 0. The minimum absolute atomic E-state index is 0.0155. The Morgan fingerprint density at radius 1 is 1.15 bits per heavy atom. The van der Waals surface area contributed by atoms with Gasteiger partial charge in [-0.05, 0) is 36.6 Å². The van der Waals surface area contributed by atoms with Crippen molar-refractivity contribution in [2.45, 2.75) is 62.3 Å². The van der Waals surface area contributed by atoms with E-state index in [0.29, 0.717) is 6.42 Å². The maximum Gasteiger partial charge on any atom is 0.303 e. The van der Waals surface area contributed by atoms with E-state index < -0.39 is 34.5 Å². The third-order valence-electron chi connectivity index (χ3n) is 9.99. The van der Waals surface area contributed by atoms with Gasteiger partial charge in [-0.25, -0.2) is 0 Å². The Labute approximate surface area is 235 Å². The molecule has 2 aromatic carbocycles. The molecule has 3 aliphatic heterocycles. The second-order valence-corrected chi connectivity index (χ2v) is 11.9. The van der Waals surface area contributed by atoms with Crippen LogP contribution >= 0.6 is 0 Å². The minimum Gasteiger partial charge on any atom is -0.497 e. The molecule has 0 radical (unpaired) electrons. The van der Waals surface area contributed by atoms with Crippen molar-refractivity contribution in [3.8, 4) is 5.75 Å². The standard InChI is InChI=1S/C32H39N3O5/c1-5-30-14-9-16-35-17-15-31(27(30)35)24-13-12-23(39-4)19-25(24)34(3)28(31)32(38,29(30)40-21(2)36)20-33-26(37)18-22-10-7-6-8-11-22/h6-14,19,27-29,38H,5,15-18,20H2,1-4H3,(H,33,37)/t27?,28-,29-,30-,31-,32+/m1/s1. The molecule has 1 saturated heterocycles. The number of esters is 1. The summed E-state index contributed by atoms with van der Waals surface area (Å²) < 4.78 is 11.8. The fraction of sp³-hybridized carbons (Fsp3) is 0.500. The average Bonchev–Trinajstić information content (AvgIpc) is 3.46. The van der Waals surface area contributed by atoms with Crippen LogP contribution in [0.15, 0.2) is 60.7 Å². The summed E-state index contributed by atoms with van der Waals surface area (Å²) in [7, 11) is 3.66. The molecule has 1 amide bonds. The van der Waals surface area contributed by atoms with Gasteiger partial charge in [0, 0.05) is 49.1 Å². The molecule has 2 fully saturated rings. The van der Waals surface area contributed by atoms with Crippen molar-refractivity contribution in [2.24, 2.45) is 5.41 Å². The van der Waals surface area contributed by atoms with Gasteiger partial charge < -0.3 is 24.8 Å². The average molecular weight is 546 g/mol. The number of nitrogens with one attached hydrogen (secondary N) is 1. The van der Waals surface area contributed by atoms with E-state index in [1.165, 1.54) is 12.5 Å². The summed E-state index contributed by atoms with van der Waals surface area (Å²) in [6, 6.07) is 15.3. The minimum atomic E-state index is -1.58. The summed E-state index contributed by atoms with van der Waals surface area (Å²) in [4.78, 5) is 30.5. The number of benzene rings is 2. The van der Waals surface area contributed by atoms with E-state index >= 15 is 0 Å². The lowest BCUT2D eigenvalue weighted by Gasteiger charge is -2.64. The lowest BCUT2D eigenvalue weighted by atomic mass is 9.47. The number of anilines is 1. The van der Waals surface area contributed by atoms with Gasteiger partial charge in [-0.2, -0.15) is 0 Å². The number of nitrogens with zero attached hydrogens (tertiary/aromatic N) is 2. The van der Waals surface area contributed by atoms with Gasteiger partial charge in [0.05, 0.1) is 26.1 Å². The van der Waals surface area contributed by atoms with Crippen LogP contribution < -0.4 is 15.0 Å². The molecule has 1 aliphatic carbocycles. The molecule has 2 N–H and O–H groups in total. The number of methoxy groups -OCH3 is 1. The zero-order valence-corrected chi connectivity index (χ0v) is 23.7. The van der Waals surface area contributed by atoms with Gasteiger partial charge in [0.25, 0.3) is 0 Å². The zero-order valence-electron chi connectivity index (χ0n) is 23.7. The predicted molar refractivity (Wildman–Crippen MR) is 152 cm³/mol. The number of amides is 1. The number of likely N-dealkylation sites (N-methyl/N-ethyl adjacent to an activating group) is 1. The van der Waals surface area contributed by atoms with Crippen LogP contribution in [0.25, 0.3) is 0 Å². The summed E-state index contributed by atoms with van der Waals surface area (Å²) in [6.07, 6.45) is 5.20. The fourth-order valence-electron chi connectivity index (χ4n) is 8.73. The van der Waals surface area contributed by atoms with E-state index in [-0.39, 0.29) is 24.9 Å². The summed E-state index contributed by atoms with van der Waals surface area (Å²) in [6.45, 7) is 5.15. The van der Waals surface area contributed by atoms with Crippen molar-refractivity contribution in [3.05, 3.63) is 71.8 Å². The van der Waals surface area contributed by atoms with Gasteiger partial charge in [-0.1, -0.05) is 55.5 Å². The highest BCUT2D eigenvalue weighted by molar-refractivity contribution is 5.79. The molecule has 3 heterocycles. The molecule has 4 aliphatic rings. The van der Waals surface area contributed by atoms with Crippen molar-refractivity contribution in [3.63, 3.8) is 0 Å². The van der Waals surface area contributed by atoms with Gasteiger partial charge in [0.2, 0.25) is 5.91 Å². The van der Waals surface area contributed by atoms with E-state index in [1.807, 2.05) is 49.5 Å². The smallest absolute Gasteiger partial charge is 0.303 e. The summed E-state index contributed by atoms with van der Waals surface area (Å²) in [5.74, 6) is 0.120. The first kappa shape index (κ1) is 26.8. The van der Waals surface area contributed by atoms with Gasteiger partial charge in [-0.15, -0.1) is 0 Å². The molecule has 2 aromatic rings. The lowest BCUT2D eigenvalue weighted by Crippen LogP contribution is -2.81. The highest BCUT2D eigenvalue weighted by atomic mass is 16.6. The molecular weight excluding hydrogens is 506 g/mol. The number of carbonyl (C=O) groups excluding carboxylic acids is 2. The van der Waals surface area contributed by atoms with Crippen molar-refractivity contribution in [1.29, 1.82) is 0 Å². The van der Waals surface area contributed by atoms with Gasteiger partial charge in [0.15, 0.2) is 0 Å². The third-order valence-corrected chi connectivity index (χ3v) is 9.99. The van der Waals surface area contributed by atoms with E-state index in [9.17, 15) is 14.7 Å². The molecule has 6 rings (SSSR count). The Bertz CT molecular complexity index is 1350. The van der Waals surface area contributed by atoms with Crippen LogP contribution in [0.2, 0.25) is 0 Å². The van der Waals surface area contributed by atoms with Crippen molar-refractivity contribution in [2.75, 3.05) is 38.7 Å². The molecule has 1 unspecified atom stereocenters. The molecule has 40 heavy (non-hydrogen) atoms. The second kappa shape index (κ2) is 9.63. The van der Waals surface area contributed by atoms with Crippen LogP contribution in [0.1, 0.15) is 37.8 Å². The molecular formula is C32H39N3O5. The van der Waals surface area contributed by atoms with Crippen LogP contribution in [0.5, 0.6) is 5.75 Å². The van der Waals surface area contributed by atoms with E-state index in [4.69, 9.17) is 9.47 Å². The second-order valence-electron chi connectivity index (χ2n) is 11.9. The lowest BCUT2D eigenvalue weighted by molar-refractivity contribution is -0.217. The first-order chi connectivity index (χ1) is 19.2. The number of fused-ring (bicyclic) bond motifs is 1. The molecule has 8 heteroatoms. The monoisotopic (exact) mass is 545 g/mol. The van der Waals surface area contributed by atoms with Crippen molar-refractivity contribution in [1.82, 2.24) is 10.2 Å². The Morgan fingerprint density at radius 2 is 1.93 bits per heavy atom. The maximum atomic E-state index is 13.2. The molecule has 6 atom stereocenters. The topological polar surface area (TPSA) is 91.3 Å². The quantitative estimate of drug-likeness (QED) is 0.409.